The number of hydrogen-bond donors (Lipinski definition) is 1. The maximum absolute atomic E-state index is 5.81. The highest BCUT2D eigenvalue weighted by Crippen LogP contribution is 2.41. The first-order valence-corrected chi connectivity index (χ1v) is 11.6. The molecule has 1 aliphatic heterocycles. The van der Waals surface area contributed by atoms with Gasteiger partial charge in [-0.3, -0.25) is 4.98 Å². The van der Waals surface area contributed by atoms with Crippen LogP contribution in [-0.2, 0) is 0 Å². The minimum Gasteiger partial charge on any atom is -0.352 e. The van der Waals surface area contributed by atoms with Crippen molar-refractivity contribution >= 4 is 17.3 Å². The second kappa shape index (κ2) is 8.83. The topological polar surface area (TPSA) is 33.1 Å². The van der Waals surface area contributed by atoms with Gasteiger partial charge in [-0.2, -0.15) is 0 Å². The molecule has 0 unspecified atom stereocenters. The summed E-state index contributed by atoms with van der Waals surface area (Å²) in [5.41, 5.74) is 8.73. The SMILES string of the molecule is CCCCN1C(=S)N[C@@H](c2ccccn2)[C@@H]1c1cc(C)n(-c2c(C)cccc2C)c1C. The molecule has 2 atom stereocenters. The fourth-order valence-electron chi connectivity index (χ4n) is 4.90. The van der Waals surface area contributed by atoms with Gasteiger partial charge in [0.2, 0.25) is 0 Å². The van der Waals surface area contributed by atoms with Crippen molar-refractivity contribution in [3.8, 4) is 5.69 Å². The molecular formula is C26H32N4S. The lowest BCUT2D eigenvalue weighted by Gasteiger charge is -2.28. The Bertz CT molecular complexity index is 1070. The van der Waals surface area contributed by atoms with Gasteiger partial charge in [0.25, 0.3) is 0 Å². The summed E-state index contributed by atoms with van der Waals surface area (Å²) < 4.78 is 2.41. The normalized spacial score (nSPS) is 18.5. The molecule has 3 heterocycles. The summed E-state index contributed by atoms with van der Waals surface area (Å²) >= 11 is 5.81. The molecule has 5 heteroatoms. The maximum Gasteiger partial charge on any atom is 0.170 e. The van der Waals surface area contributed by atoms with E-state index in [4.69, 9.17) is 12.2 Å². The number of pyridine rings is 1. The summed E-state index contributed by atoms with van der Waals surface area (Å²) in [4.78, 5) is 7.05. The number of aromatic nitrogens is 2. The average Bonchev–Trinajstić information content (AvgIpc) is 3.23. The minimum atomic E-state index is 0.0393. The molecule has 3 aromatic rings. The Kier molecular flexibility index (Phi) is 6.15. The fraction of sp³-hybridized carbons (Fsp3) is 0.385. The first-order valence-electron chi connectivity index (χ1n) is 11.2. The van der Waals surface area contributed by atoms with Gasteiger partial charge in [0, 0.05) is 24.1 Å². The van der Waals surface area contributed by atoms with E-state index in [0.29, 0.717) is 0 Å². The van der Waals surface area contributed by atoms with Crippen LogP contribution >= 0.6 is 12.2 Å². The Hall–Kier alpha value is -2.66. The summed E-state index contributed by atoms with van der Waals surface area (Å²) in [5, 5.41) is 4.41. The smallest absolute Gasteiger partial charge is 0.170 e. The predicted molar refractivity (Wildman–Crippen MR) is 132 cm³/mol. The van der Waals surface area contributed by atoms with Crippen molar-refractivity contribution in [3.05, 3.63) is 82.4 Å². The summed E-state index contributed by atoms with van der Waals surface area (Å²) in [6.45, 7) is 12.0. The number of para-hydroxylation sites is 1. The van der Waals surface area contributed by atoms with Crippen LogP contribution in [0.1, 0.15) is 65.6 Å². The summed E-state index contributed by atoms with van der Waals surface area (Å²) in [5.74, 6) is 0. The molecule has 4 rings (SSSR count). The van der Waals surface area contributed by atoms with Gasteiger partial charge in [0.05, 0.1) is 23.5 Å². The molecule has 1 fully saturated rings. The summed E-state index contributed by atoms with van der Waals surface area (Å²) in [6, 6.07) is 15.1. The molecule has 1 aromatic carbocycles. The molecule has 31 heavy (non-hydrogen) atoms. The number of nitrogens with zero attached hydrogens (tertiary/aromatic N) is 3. The van der Waals surface area contributed by atoms with Crippen LogP contribution in [0.2, 0.25) is 0 Å². The number of hydrogen-bond acceptors (Lipinski definition) is 2. The van der Waals surface area contributed by atoms with Gasteiger partial charge >= 0.3 is 0 Å². The highest BCUT2D eigenvalue weighted by atomic mass is 32.1. The number of rotatable bonds is 6. The van der Waals surface area contributed by atoms with E-state index in [1.807, 2.05) is 12.3 Å². The van der Waals surface area contributed by atoms with Crippen molar-refractivity contribution in [2.45, 2.75) is 59.5 Å². The number of nitrogens with one attached hydrogen (secondary N) is 1. The standard InChI is InChI=1S/C26H32N4S/c1-6-7-15-29-25(23(28-26(29)31)22-13-8-9-14-27-22)21-16-19(4)30(20(21)5)24-17(2)11-10-12-18(24)3/h8-14,16,23,25H,6-7,15H2,1-5H3,(H,28,31)/t23-,25-/m0/s1. The third-order valence-corrected chi connectivity index (χ3v) is 6.75. The highest BCUT2D eigenvalue weighted by Gasteiger charge is 2.41. The van der Waals surface area contributed by atoms with Crippen molar-refractivity contribution in [3.63, 3.8) is 0 Å². The van der Waals surface area contributed by atoms with Gasteiger partial charge in [-0.25, -0.2) is 0 Å². The van der Waals surface area contributed by atoms with E-state index in [2.05, 4.69) is 90.8 Å². The molecule has 0 amide bonds. The molecule has 1 N–H and O–H groups in total. The van der Waals surface area contributed by atoms with E-state index in [9.17, 15) is 0 Å². The molecule has 0 saturated carbocycles. The van der Waals surface area contributed by atoms with Gasteiger partial charge in [-0.05, 0) is 81.2 Å². The first-order chi connectivity index (χ1) is 14.9. The first kappa shape index (κ1) is 21.6. The molecule has 0 aliphatic carbocycles. The van der Waals surface area contributed by atoms with Crippen molar-refractivity contribution in [2.75, 3.05) is 6.54 Å². The lowest BCUT2D eigenvalue weighted by atomic mass is 9.96. The van der Waals surface area contributed by atoms with E-state index < -0.39 is 0 Å². The van der Waals surface area contributed by atoms with E-state index in [0.717, 1.165) is 30.2 Å². The molecule has 2 aromatic heterocycles. The highest BCUT2D eigenvalue weighted by molar-refractivity contribution is 7.80. The van der Waals surface area contributed by atoms with Crippen LogP contribution in [0.15, 0.2) is 48.7 Å². The minimum absolute atomic E-state index is 0.0393. The maximum atomic E-state index is 5.81. The molecule has 0 spiro atoms. The molecule has 4 nitrogen and oxygen atoms in total. The van der Waals surface area contributed by atoms with Crippen LogP contribution in [0.5, 0.6) is 0 Å². The Morgan fingerprint density at radius 2 is 1.77 bits per heavy atom. The lowest BCUT2D eigenvalue weighted by Crippen LogP contribution is -2.30. The monoisotopic (exact) mass is 432 g/mol. The second-order valence-electron chi connectivity index (χ2n) is 8.58. The molecule has 162 valence electrons. The summed E-state index contributed by atoms with van der Waals surface area (Å²) in [6.07, 6.45) is 4.12. The zero-order valence-electron chi connectivity index (χ0n) is 19.1. The van der Waals surface area contributed by atoms with Crippen molar-refractivity contribution in [2.24, 2.45) is 0 Å². The Labute approximate surface area is 191 Å². The van der Waals surface area contributed by atoms with Gasteiger partial charge in [0.15, 0.2) is 5.11 Å². The number of thiocarbonyl (C=S) groups is 1. The van der Waals surface area contributed by atoms with Crippen LogP contribution in [0.4, 0.5) is 0 Å². The van der Waals surface area contributed by atoms with Crippen LogP contribution in [0.3, 0.4) is 0 Å². The number of aryl methyl sites for hydroxylation is 3. The predicted octanol–water partition coefficient (Wildman–Crippen LogP) is 5.88. The second-order valence-corrected chi connectivity index (χ2v) is 8.96. The quantitative estimate of drug-likeness (QED) is 0.493. The third kappa shape index (κ3) is 3.87. The Morgan fingerprint density at radius 3 is 2.42 bits per heavy atom. The van der Waals surface area contributed by atoms with E-state index in [-0.39, 0.29) is 12.1 Å². The fourth-order valence-corrected chi connectivity index (χ4v) is 5.23. The zero-order chi connectivity index (χ0) is 22.1. The van der Waals surface area contributed by atoms with Gasteiger partial charge < -0.3 is 14.8 Å². The van der Waals surface area contributed by atoms with Crippen LogP contribution in [-0.4, -0.2) is 26.1 Å². The Balaban J connectivity index is 1.86. The molecular weight excluding hydrogens is 400 g/mol. The van der Waals surface area contributed by atoms with Crippen LogP contribution in [0, 0.1) is 27.7 Å². The van der Waals surface area contributed by atoms with E-state index in [1.54, 1.807) is 0 Å². The molecule has 0 radical (unpaired) electrons. The average molecular weight is 433 g/mol. The molecule has 1 aliphatic rings. The molecule has 0 bridgehead atoms. The number of unbranched alkanes of at least 4 members (excludes halogenated alkanes) is 1. The zero-order valence-corrected chi connectivity index (χ0v) is 20.0. The largest absolute Gasteiger partial charge is 0.352 e. The van der Waals surface area contributed by atoms with Crippen LogP contribution in [0.25, 0.3) is 5.69 Å². The van der Waals surface area contributed by atoms with Crippen molar-refractivity contribution in [1.29, 1.82) is 0 Å². The molecule has 1 saturated heterocycles. The number of benzene rings is 1. The van der Waals surface area contributed by atoms with Crippen molar-refractivity contribution < 1.29 is 0 Å². The van der Waals surface area contributed by atoms with Gasteiger partial charge in [-0.15, -0.1) is 0 Å². The van der Waals surface area contributed by atoms with E-state index >= 15 is 0 Å². The van der Waals surface area contributed by atoms with Gasteiger partial charge in [0.1, 0.15) is 0 Å². The van der Waals surface area contributed by atoms with Crippen molar-refractivity contribution in [1.82, 2.24) is 19.8 Å². The Morgan fingerprint density at radius 1 is 1.03 bits per heavy atom. The van der Waals surface area contributed by atoms with E-state index in [1.165, 1.54) is 33.8 Å². The lowest BCUT2D eigenvalue weighted by molar-refractivity contribution is 0.312. The van der Waals surface area contributed by atoms with Gasteiger partial charge in [-0.1, -0.05) is 37.6 Å². The summed E-state index contributed by atoms with van der Waals surface area (Å²) in [7, 11) is 0. The third-order valence-electron chi connectivity index (χ3n) is 6.40. The van der Waals surface area contributed by atoms with Crippen LogP contribution < -0.4 is 5.32 Å².